The summed E-state index contributed by atoms with van der Waals surface area (Å²) < 4.78 is 0. The molecule has 2 amide bonds. The number of imide groups is 1. The summed E-state index contributed by atoms with van der Waals surface area (Å²) in [5.74, 6) is 0.0739. The van der Waals surface area contributed by atoms with E-state index in [2.05, 4.69) is 0 Å². The Hall–Kier alpha value is -0.560. The van der Waals surface area contributed by atoms with Gasteiger partial charge in [-0.2, -0.15) is 0 Å². The average molecular weight is 479 g/mol. The molecule has 1 aromatic rings. The maximum atomic E-state index is 13.3. The van der Waals surface area contributed by atoms with Gasteiger partial charge in [0.05, 0.1) is 37.3 Å². The number of nitrogens with zero attached hydrogens (tertiary/aromatic N) is 1. The average Bonchev–Trinajstić information content (AvgIpc) is 2.88. The minimum Gasteiger partial charge on any atom is -0.366 e. The van der Waals surface area contributed by atoms with Crippen LogP contribution in [0.2, 0.25) is 20.1 Å². The fraction of sp³-hybridized carbons (Fsp3) is 0.600. The Bertz CT molecular complexity index is 865. The molecular weight excluding hydrogens is 460 g/mol. The van der Waals surface area contributed by atoms with Crippen LogP contribution in [0.5, 0.6) is 0 Å². The largest absolute Gasteiger partial charge is 0.366 e. The standard InChI is InChI=1S/C20H19Cl4NO4/c21-12-10-11(13(22)15(24)14(12)23)18(27)25(17(10)26)16(19(28)29)20-4-7-1-8(5-20)3-9(2-7)6-20/h7-9,16,19,28-29H,1-6H2/t7?,8?,9?,16-,20?/m1/s1. The van der Waals surface area contributed by atoms with Crippen LogP contribution in [-0.2, 0) is 0 Å². The van der Waals surface area contributed by atoms with Gasteiger partial charge in [0.1, 0.15) is 0 Å². The van der Waals surface area contributed by atoms with Gasteiger partial charge in [0.25, 0.3) is 11.8 Å². The molecule has 0 aromatic heterocycles. The van der Waals surface area contributed by atoms with Crippen LogP contribution in [0.1, 0.15) is 59.2 Å². The number of rotatable bonds is 3. The summed E-state index contributed by atoms with van der Waals surface area (Å²) in [5, 5.41) is 20.3. The number of aliphatic hydroxyl groups excluding tert-OH is 1. The number of hydrogen-bond acceptors (Lipinski definition) is 4. The Kier molecular flexibility index (Phi) is 4.71. The molecule has 4 fully saturated rings. The Morgan fingerprint density at radius 2 is 1.14 bits per heavy atom. The van der Waals surface area contributed by atoms with Crippen molar-refractivity contribution in [2.75, 3.05) is 0 Å². The first-order valence-electron chi connectivity index (χ1n) is 9.74. The minimum atomic E-state index is -1.86. The zero-order valence-electron chi connectivity index (χ0n) is 15.3. The number of fused-ring (bicyclic) bond motifs is 1. The zero-order chi connectivity index (χ0) is 20.8. The van der Waals surface area contributed by atoms with Crippen molar-refractivity contribution in [1.29, 1.82) is 0 Å². The molecule has 0 spiro atoms. The number of carbonyl (C=O) groups excluding carboxylic acids is 2. The van der Waals surface area contributed by atoms with Crippen molar-refractivity contribution in [2.24, 2.45) is 23.2 Å². The minimum absolute atomic E-state index is 0.101. The molecule has 4 saturated carbocycles. The highest BCUT2D eigenvalue weighted by atomic mass is 35.5. The number of halogens is 4. The van der Waals surface area contributed by atoms with Gasteiger partial charge in [0, 0.05) is 0 Å². The number of benzene rings is 1. The normalized spacial score (nSPS) is 33.8. The topological polar surface area (TPSA) is 77.8 Å². The molecule has 1 heterocycles. The van der Waals surface area contributed by atoms with Crippen LogP contribution in [0.4, 0.5) is 0 Å². The maximum absolute atomic E-state index is 13.3. The lowest BCUT2D eigenvalue weighted by Crippen LogP contribution is -2.62. The van der Waals surface area contributed by atoms with Gasteiger partial charge in [-0.05, 0) is 61.7 Å². The third-order valence-electron chi connectivity index (χ3n) is 7.41. The second-order valence-electron chi connectivity index (χ2n) is 9.12. The van der Waals surface area contributed by atoms with E-state index in [0.717, 1.165) is 43.4 Å². The summed E-state index contributed by atoms with van der Waals surface area (Å²) in [4.78, 5) is 27.6. The molecule has 5 aliphatic rings. The summed E-state index contributed by atoms with van der Waals surface area (Å²) in [6, 6.07) is -1.06. The molecule has 6 rings (SSSR count). The predicted molar refractivity (Wildman–Crippen MR) is 110 cm³/mol. The highest BCUT2D eigenvalue weighted by molar-refractivity contribution is 6.55. The van der Waals surface area contributed by atoms with Crippen molar-refractivity contribution in [3.05, 3.63) is 31.2 Å². The summed E-state index contributed by atoms with van der Waals surface area (Å²) in [5.41, 5.74) is -0.749. The van der Waals surface area contributed by atoms with E-state index in [4.69, 9.17) is 46.4 Å². The van der Waals surface area contributed by atoms with E-state index in [1.807, 2.05) is 0 Å². The van der Waals surface area contributed by atoms with Crippen LogP contribution in [0.3, 0.4) is 0 Å². The van der Waals surface area contributed by atoms with Gasteiger partial charge >= 0.3 is 0 Å². The molecule has 5 nitrogen and oxygen atoms in total. The second-order valence-corrected chi connectivity index (χ2v) is 10.6. The van der Waals surface area contributed by atoms with Crippen molar-refractivity contribution in [3.63, 3.8) is 0 Å². The number of carbonyl (C=O) groups is 2. The van der Waals surface area contributed by atoms with E-state index in [-0.39, 0.29) is 31.2 Å². The van der Waals surface area contributed by atoms with E-state index >= 15 is 0 Å². The molecule has 1 atom stereocenters. The Morgan fingerprint density at radius 1 is 0.759 bits per heavy atom. The predicted octanol–water partition coefficient (Wildman–Crippen LogP) is 4.79. The molecule has 1 aromatic carbocycles. The van der Waals surface area contributed by atoms with Crippen molar-refractivity contribution in [3.8, 4) is 0 Å². The van der Waals surface area contributed by atoms with Crippen molar-refractivity contribution < 1.29 is 19.8 Å². The number of hydrogen-bond donors (Lipinski definition) is 2. The maximum Gasteiger partial charge on any atom is 0.263 e. The van der Waals surface area contributed by atoms with E-state index in [1.54, 1.807) is 0 Å². The molecule has 0 unspecified atom stereocenters. The summed E-state index contributed by atoms with van der Waals surface area (Å²) in [6.07, 6.45) is 3.87. The molecule has 4 aliphatic carbocycles. The van der Waals surface area contributed by atoms with Gasteiger partial charge in [0.2, 0.25) is 0 Å². The summed E-state index contributed by atoms with van der Waals surface area (Å²) in [6.45, 7) is 0. The van der Waals surface area contributed by atoms with E-state index < -0.39 is 29.6 Å². The van der Waals surface area contributed by atoms with Gasteiger partial charge in [-0.3, -0.25) is 14.5 Å². The first kappa shape index (κ1) is 20.3. The van der Waals surface area contributed by atoms with E-state index in [1.165, 1.54) is 0 Å². The SMILES string of the molecule is O=C1c2c(Cl)c(Cl)c(Cl)c(Cl)c2C(=O)N1[C@H](C(O)O)C12CC3CC(CC(C3)C1)C2. The quantitative estimate of drug-likeness (QED) is 0.283. The van der Waals surface area contributed by atoms with Gasteiger partial charge in [0.15, 0.2) is 6.29 Å². The molecule has 0 saturated heterocycles. The van der Waals surface area contributed by atoms with Crippen molar-refractivity contribution >= 4 is 58.2 Å². The molecular formula is C20H19Cl4NO4. The lowest BCUT2D eigenvalue weighted by molar-refractivity contribution is -0.170. The molecule has 1 aliphatic heterocycles. The lowest BCUT2D eigenvalue weighted by Gasteiger charge is -2.60. The van der Waals surface area contributed by atoms with E-state index in [9.17, 15) is 19.8 Å². The van der Waals surface area contributed by atoms with Crippen molar-refractivity contribution in [2.45, 2.75) is 50.9 Å². The third kappa shape index (κ3) is 2.74. The first-order chi connectivity index (χ1) is 13.6. The van der Waals surface area contributed by atoms with Crippen LogP contribution in [0, 0.1) is 23.2 Å². The zero-order valence-corrected chi connectivity index (χ0v) is 18.3. The van der Waals surface area contributed by atoms with Gasteiger partial charge in [-0.1, -0.05) is 46.4 Å². The Balaban J connectivity index is 1.62. The second kappa shape index (κ2) is 6.72. The van der Waals surface area contributed by atoms with Crippen LogP contribution in [0.15, 0.2) is 0 Å². The lowest BCUT2D eigenvalue weighted by atomic mass is 9.47. The van der Waals surface area contributed by atoms with Crippen LogP contribution in [-0.4, -0.2) is 39.3 Å². The summed E-state index contributed by atoms with van der Waals surface area (Å²) in [7, 11) is 0. The molecule has 0 radical (unpaired) electrons. The van der Waals surface area contributed by atoms with E-state index in [0.29, 0.717) is 17.8 Å². The van der Waals surface area contributed by atoms with Crippen LogP contribution < -0.4 is 0 Å². The first-order valence-corrected chi connectivity index (χ1v) is 11.3. The van der Waals surface area contributed by atoms with Crippen LogP contribution in [0.25, 0.3) is 0 Å². The molecule has 9 heteroatoms. The van der Waals surface area contributed by atoms with Gasteiger partial charge in [-0.25, -0.2) is 0 Å². The van der Waals surface area contributed by atoms with Crippen molar-refractivity contribution in [1.82, 2.24) is 4.90 Å². The van der Waals surface area contributed by atoms with Gasteiger partial charge < -0.3 is 10.2 Å². The smallest absolute Gasteiger partial charge is 0.263 e. The number of aliphatic hydroxyl groups is 2. The summed E-state index contributed by atoms with van der Waals surface area (Å²) >= 11 is 24.7. The Labute approximate surface area is 187 Å². The van der Waals surface area contributed by atoms with Crippen LogP contribution >= 0.6 is 46.4 Å². The molecule has 156 valence electrons. The Morgan fingerprint density at radius 3 is 1.48 bits per heavy atom. The number of amides is 2. The molecule has 2 N–H and O–H groups in total. The molecule has 29 heavy (non-hydrogen) atoms. The fourth-order valence-corrected chi connectivity index (χ4v) is 7.90. The fourth-order valence-electron chi connectivity index (χ4n) is 6.88. The third-order valence-corrected chi connectivity index (χ3v) is 9.21. The monoisotopic (exact) mass is 477 g/mol. The highest BCUT2D eigenvalue weighted by Crippen LogP contribution is 2.63. The molecule has 4 bridgehead atoms. The van der Waals surface area contributed by atoms with Gasteiger partial charge in [-0.15, -0.1) is 0 Å². The highest BCUT2D eigenvalue weighted by Gasteiger charge is 2.60.